The third-order valence-corrected chi connectivity index (χ3v) is 4.16. The molecule has 120 valence electrons. The van der Waals surface area contributed by atoms with Crippen molar-refractivity contribution in [3.8, 4) is 0 Å². The van der Waals surface area contributed by atoms with E-state index >= 15 is 0 Å². The van der Waals surface area contributed by atoms with Gasteiger partial charge in [0.15, 0.2) is 0 Å². The minimum absolute atomic E-state index is 0.00178. The quantitative estimate of drug-likeness (QED) is 0.694. The summed E-state index contributed by atoms with van der Waals surface area (Å²) in [5.41, 5.74) is 0. The van der Waals surface area contributed by atoms with Gasteiger partial charge >= 0.3 is 12.0 Å². The first-order valence-corrected chi connectivity index (χ1v) is 7.40. The Kier molecular flexibility index (Phi) is 6.45. The molecule has 1 rings (SSSR count). The number of nitrogens with one attached hydrogen (secondary N) is 2. The Bertz CT molecular complexity index is 392. The van der Waals surface area contributed by atoms with Crippen LogP contribution >= 0.6 is 0 Å². The molecular formula is C14H25N3O4. The Morgan fingerprint density at radius 3 is 2.29 bits per heavy atom. The van der Waals surface area contributed by atoms with Gasteiger partial charge in [0.1, 0.15) is 6.04 Å². The molecule has 3 amide bonds. The zero-order chi connectivity index (χ0) is 16.0. The number of carbonyl (C=O) groups excluding carboxylic acids is 2. The van der Waals surface area contributed by atoms with E-state index in [0.29, 0.717) is 32.4 Å². The van der Waals surface area contributed by atoms with Crippen LogP contribution < -0.4 is 10.6 Å². The molecule has 1 aliphatic rings. The highest BCUT2D eigenvalue weighted by molar-refractivity contribution is 5.83. The van der Waals surface area contributed by atoms with E-state index in [1.54, 1.807) is 18.9 Å². The number of rotatable bonds is 5. The molecule has 0 bridgehead atoms. The van der Waals surface area contributed by atoms with Crippen molar-refractivity contribution in [2.45, 2.75) is 39.2 Å². The van der Waals surface area contributed by atoms with Crippen LogP contribution in [0.1, 0.15) is 33.1 Å². The van der Waals surface area contributed by atoms with Gasteiger partial charge in [0.25, 0.3) is 0 Å². The summed E-state index contributed by atoms with van der Waals surface area (Å²) < 4.78 is 0. The van der Waals surface area contributed by atoms with Crippen LogP contribution in [-0.2, 0) is 9.59 Å². The van der Waals surface area contributed by atoms with E-state index in [-0.39, 0.29) is 23.8 Å². The number of hydrogen-bond acceptors (Lipinski definition) is 3. The molecule has 1 unspecified atom stereocenters. The largest absolute Gasteiger partial charge is 0.480 e. The van der Waals surface area contributed by atoms with Gasteiger partial charge in [-0.1, -0.05) is 20.3 Å². The summed E-state index contributed by atoms with van der Waals surface area (Å²) in [4.78, 5) is 36.5. The fraction of sp³-hybridized carbons (Fsp3) is 0.786. The van der Waals surface area contributed by atoms with Crippen molar-refractivity contribution in [3.63, 3.8) is 0 Å². The molecule has 0 spiro atoms. The van der Waals surface area contributed by atoms with Crippen LogP contribution in [0.25, 0.3) is 0 Å². The van der Waals surface area contributed by atoms with Crippen molar-refractivity contribution in [2.24, 2.45) is 11.8 Å². The normalized spacial score (nSPS) is 18.7. The fourth-order valence-electron chi connectivity index (χ4n) is 2.46. The Morgan fingerprint density at radius 1 is 1.29 bits per heavy atom. The summed E-state index contributed by atoms with van der Waals surface area (Å²) in [6, 6.07) is -1.24. The Hall–Kier alpha value is -1.79. The van der Waals surface area contributed by atoms with E-state index in [1.165, 1.54) is 0 Å². The molecule has 1 aliphatic heterocycles. The molecule has 3 N–H and O–H groups in total. The SMILES string of the molecule is CCC(C)[C@H](NC(=O)N1CCC(C(=O)NC)CC1)C(=O)O. The van der Waals surface area contributed by atoms with Crippen LogP contribution in [0.5, 0.6) is 0 Å². The molecule has 2 atom stereocenters. The minimum atomic E-state index is -1.02. The van der Waals surface area contributed by atoms with Gasteiger partial charge in [0, 0.05) is 26.1 Å². The lowest BCUT2D eigenvalue weighted by atomic mass is 9.96. The third-order valence-electron chi connectivity index (χ3n) is 4.16. The number of hydrogen-bond donors (Lipinski definition) is 3. The molecule has 0 aromatic carbocycles. The number of carboxylic acid groups (broad SMARTS) is 1. The molecule has 21 heavy (non-hydrogen) atoms. The molecule has 0 aromatic heterocycles. The van der Waals surface area contributed by atoms with Gasteiger partial charge in [0.05, 0.1) is 0 Å². The fourth-order valence-corrected chi connectivity index (χ4v) is 2.46. The number of carbonyl (C=O) groups is 3. The predicted octanol–water partition coefficient (Wildman–Crippen LogP) is 0.653. The van der Waals surface area contributed by atoms with Crippen LogP contribution in [0.3, 0.4) is 0 Å². The van der Waals surface area contributed by atoms with E-state index < -0.39 is 12.0 Å². The zero-order valence-electron chi connectivity index (χ0n) is 12.9. The summed E-state index contributed by atoms with van der Waals surface area (Å²) in [7, 11) is 1.60. The molecule has 1 fully saturated rings. The third kappa shape index (κ3) is 4.61. The highest BCUT2D eigenvalue weighted by Crippen LogP contribution is 2.18. The highest BCUT2D eigenvalue weighted by Gasteiger charge is 2.30. The molecule has 7 nitrogen and oxygen atoms in total. The topological polar surface area (TPSA) is 98.7 Å². The van der Waals surface area contributed by atoms with Crippen molar-refractivity contribution in [1.82, 2.24) is 15.5 Å². The molecule has 0 aliphatic carbocycles. The minimum Gasteiger partial charge on any atom is -0.480 e. The first-order chi connectivity index (χ1) is 9.90. The van der Waals surface area contributed by atoms with Crippen LogP contribution in [0, 0.1) is 11.8 Å². The lowest BCUT2D eigenvalue weighted by Crippen LogP contribution is -2.52. The number of aliphatic carboxylic acids is 1. The summed E-state index contributed by atoms with van der Waals surface area (Å²) in [5.74, 6) is -1.21. The van der Waals surface area contributed by atoms with E-state index in [9.17, 15) is 19.5 Å². The number of nitrogens with zero attached hydrogens (tertiary/aromatic N) is 1. The first kappa shape index (κ1) is 17.3. The number of likely N-dealkylation sites (tertiary alicyclic amines) is 1. The number of carboxylic acids is 1. The number of piperidine rings is 1. The zero-order valence-corrected chi connectivity index (χ0v) is 12.9. The number of amides is 3. The van der Waals surface area contributed by atoms with Crippen molar-refractivity contribution < 1.29 is 19.5 Å². The van der Waals surface area contributed by atoms with Crippen molar-refractivity contribution >= 4 is 17.9 Å². The number of urea groups is 1. The van der Waals surface area contributed by atoms with E-state index in [2.05, 4.69) is 10.6 Å². The Labute approximate surface area is 125 Å². The van der Waals surface area contributed by atoms with E-state index in [0.717, 1.165) is 0 Å². The monoisotopic (exact) mass is 299 g/mol. The molecule has 1 saturated heterocycles. The smallest absolute Gasteiger partial charge is 0.326 e. The maximum Gasteiger partial charge on any atom is 0.326 e. The van der Waals surface area contributed by atoms with Crippen LogP contribution in [0.15, 0.2) is 0 Å². The molecule has 1 heterocycles. The van der Waals surface area contributed by atoms with Crippen molar-refractivity contribution in [1.29, 1.82) is 0 Å². The molecule has 0 saturated carbocycles. The summed E-state index contributed by atoms with van der Waals surface area (Å²) in [6.07, 6.45) is 1.89. The second kappa shape index (κ2) is 7.85. The molecule has 7 heteroatoms. The maximum absolute atomic E-state index is 12.1. The highest BCUT2D eigenvalue weighted by atomic mass is 16.4. The van der Waals surface area contributed by atoms with Gasteiger partial charge in [-0.15, -0.1) is 0 Å². The van der Waals surface area contributed by atoms with E-state index in [1.807, 2.05) is 6.92 Å². The van der Waals surface area contributed by atoms with Crippen molar-refractivity contribution in [2.75, 3.05) is 20.1 Å². The Balaban J connectivity index is 2.53. The van der Waals surface area contributed by atoms with Crippen LogP contribution in [-0.4, -0.2) is 54.1 Å². The average Bonchev–Trinajstić information content (AvgIpc) is 2.50. The van der Waals surface area contributed by atoms with Crippen molar-refractivity contribution in [3.05, 3.63) is 0 Å². The van der Waals surface area contributed by atoms with Crippen LogP contribution in [0.4, 0.5) is 4.79 Å². The second-order valence-electron chi connectivity index (χ2n) is 5.53. The summed E-state index contributed by atoms with van der Waals surface area (Å²) in [5, 5.41) is 14.4. The predicted molar refractivity (Wildman–Crippen MR) is 77.8 cm³/mol. The van der Waals surface area contributed by atoms with Crippen LogP contribution in [0.2, 0.25) is 0 Å². The molecule has 0 radical (unpaired) electrons. The Morgan fingerprint density at radius 2 is 1.86 bits per heavy atom. The lowest BCUT2D eigenvalue weighted by Gasteiger charge is -2.32. The second-order valence-corrected chi connectivity index (χ2v) is 5.53. The van der Waals surface area contributed by atoms with Gasteiger partial charge < -0.3 is 20.6 Å². The standard InChI is InChI=1S/C14H25N3O4/c1-4-9(2)11(13(19)20)16-14(21)17-7-5-10(6-8-17)12(18)15-3/h9-11H,4-8H2,1-3H3,(H,15,18)(H,16,21)(H,19,20)/t9?,11-/m0/s1. The summed E-state index contributed by atoms with van der Waals surface area (Å²) in [6.45, 7) is 4.63. The average molecular weight is 299 g/mol. The molecular weight excluding hydrogens is 274 g/mol. The van der Waals surface area contributed by atoms with Gasteiger partial charge in [-0.05, 0) is 18.8 Å². The van der Waals surface area contributed by atoms with Gasteiger partial charge in [-0.2, -0.15) is 0 Å². The van der Waals surface area contributed by atoms with E-state index in [4.69, 9.17) is 0 Å². The van der Waals surface area contributed by atoms with Gasteiger partial charge in [0.2, 0.25) is 5.91 Å². The molecule has 0 aromatic rings. The van der Waals surface area contributed by atoms with Gasteiger partial charge in [-0.25, -0.2) is 9.59 Å². The van der Waals surface area contributed by atoms with Gasteiger partial charge in [-0.3, -0.25) is 4.79 Å². The maximum atomic E-state index is 12.1. The first-order valence-electron chi connectivity index (χ1n) is 7.40. The summed E-state index contributed by atoms with van der Waals surface area (Å²) >= 11 is 0. The lowest BCUT2D eigenvalue weighted by molar-refractivity contribution is -0.140.